The van der Waals surface area contributed by atoms with Crippen LogP contribution in [0.4, 0.5) is 0 Å². The van der Waals surface area contributed by atoms with Gasteiger partial charge in [0.2, 0.25) is 0 Å². The van der Waals surface area contributed by atoms with Crippen molar-refractivity contribution in [1.29, 1.82) is 0 Å². The molecule has 0 aliphatic heterocycles. The number of aromatic nitrogens is 2. The number of para-hydroxylation sites is 4. The zero-order chi connectivity index (χ0) is 54.1. The van der Waals surface area contributed by atoms with Crippen molar-refractivity contribution in [3.05, 3.63) is 324 Å². The highest BCUT2D eigenvalue weighted by molar-refractivity contribution is 6.29. The minimum Gasteiger partial charge on any atom is -0.289 e. The first-order valence-corrected chi connectivity index (χ1v) is 26.5. The van der Waals surface area contributed by atoms with E-state index in [9.17, 15) is 19.2 Å². The maximum absolute atomic E-state index is 12.5. The molecule has 0 spiro atoms. The number of carbonyl (C=O) groups excluding carboxylic acids is 4. The highest BCUT2D eigenvalue weighted by Crippen LogP contribution is 2.40. The van der Waals surface area contributed by atoms with Crippen LogP contribution in [0, 0.1) is 0 Å². The highest BCUT2D eigenvalue weighted by atomic mass is 16.1. The Morgan fingerprint density at radius 2 is 0.375 bits per heavy atom. The minimum absolute atomic E-state index is 0.0641. The number of fused-ring (bicyclic) bond motifs is 10. The molecule has 14 aromatic rings. The lowest BCUT2D eigenvalue weighted by atomic mass is 9.83. The van der Waals surface area contributed by atoms with E-state index >= 15 is 0 Å². The summed E-state index contributed by atoms with van der Waals surface area (Å²) in [6, 6.07) is 91.0. The molecule has 0 bridgehead atoms. The van der Waals surface area contributed by atoms with E-state index in [-0.39, 0.29) is 23.1 Å². The maximum atomic E-state index is 12.5. The van der Waals surface area contributed by atoms with Crippen LogP contribution in [0.3, 0.4) is 0 Å². The van der Waals surface area contributed by atoms with Gasteiger partial charge in [-0.3, -0.25) is 19.2 Å². The van der Waals surface area contributed by atoms with Crippen LogP contribution in [-0.4, -0.2) is 33.1 Å². The molecule has 2 heterocycles. The van der Waals surface area contributed by atoms with Crippen molar-refractivity contribution >= 4 is 88.3 Å². The van der Waals surface area contributed by atoms with E-state index in [2.05, 4.69) is 82.8 Å². The number of rotatable bonds is 0. The second-order valence-electron chi connectivity index (χ2n) is 19.7. The molecule has 6 nitrogen and oxygen atoms in total. The molecule has 2 aromatic heterocycles. The maximum Gasteiger partial charge on any atom is 0.194 e. The zero-order valence-corrected chi connectivity index (χ0v) is 43.1. The first kappa shape index (κ1) is 48.8. The van der Waals surface area contributed by atoms with Crippen molar-refractivity contribution in [2.24, 2.45) is 0 Å². The quantitative estimate of drug-likeness (QED) is 0.140. The van der Waals surface area contributed by atoms with Gasteiger partial charge in [-0.15, -0.1) is 0 Å². The zero-order valence-electron chi connectivity index (χ0n) is 43.1. The summed E-state index contributed by atoms with van der Waals surface area (Å²) < 4.78 is 0. The lowest BCUT2D eigenvalue weighted by molar-refractivity contribution is 0.0979. The first-order valence-electron chi connectivity index (χ1n) is 26.5. The number of hydrogen-bond donors (Lipinski definition) is 0. The summed E-state index contributed by atoms with van der Waals surface area (Å²) in [6.07, 6.45) is 0. The molecule has 80 heavy (non-hydrogen) atoms. The molecule has 17 rings (SSSR count). The number of benzene rings is 12. The third kappa shape index (κ3) is 8.96. The first-order chi connectivity index (χ1) is 39.4. The number of carbonyl (C=O) groups is 4. The van der Waals surface area contributed by atoms with E-state index in [0.717, 1.165) is 77.0 Å². The van der Waals surface area contributed by atoms with E-state index in [1.54, 1.807) is 48.5 Å². The molecule has 0 amide bonds. The van der Waals surface area contributed by atoms with Crippen molar-refractivity contribution in [3.63, 3.8) is 0 Å². The normalized spacial score (nSPS) is 12.1. The van der Waals surface area contributed by atoms with E-state index in [4.69, 9.17) is 0 Å². The van der Waals surface area contributed by atoms with Crippen molar-refractivity contribution in [1.82, 2.24) is 9.97 Å². The summed E-state index contributed by atoms with van der Waals surface area (Å²) in [4.78, 5) is 58.3. The average molecular weight is 1030 g/mol. The predicted octanol–water partition coefficient (Wildman–Crippen LogP) is 17.3. The van der Waals surface area contributed by atoms with Gasteiger partial charge in [0.05, 0.1) is 22.1 Å². The number of hydrogen-bond acceptors (Lipinski definition) is 6. The van der Waals surface area contributed by atoms with Gasteiger partial charge in [-0.1, -0.05) is 243 Å². The van der Waals surface area contributed by atoms with Crippen LogP contribution in [0.1, 0.15) is 63.7 Å². The molecule has 0 radical (unpaired) electrons. The Morgan fingerprint density at radius 1 is 0.175 bits per heavy atom. The molecule has 3 aliphatic carbocycles. The smallest absolute Gasteiger partial charge is 0.194 e. The lowest BCUT2D eigenvalue weighted by Crippen LogP contribution is -2.20. The van der Waals surface area contributed by atoms with Crippen LogP contribution in [0.25, 0.3) is 87.4 Å². The second kappa shape index (κ2) is 21.0. The molecule has 376 valence electrons. The van der Waals surface area contributed by atoms with Crippen molar-refractivity contribution in [2.45, 2.75) is 0 Å². The predicted molar refractivity (Wildman–Crippen MR) is 324 cm³/mol. The van der Waals surface area contributed by atoms with Crippen molar-refractivity contribution in [3.8, 4) is 22.3 Å². The molecular formula is C74H46N2O4. The van der Waals surface area contributed by atoms with Gasteiger partial charge in [0.15, 0.2) is 23.1 Å². The molecule has 0 fully saturated rings. The minimum atomic E-state index is -0.0641. The monoisotopic (exact) mass is 1030 g/mol. The van der Waals surface area contributed by atoms with Gasteiger partial charge in [0, 0.05) is 76.8 Å². The standard InChI is InChI=1S/2C17H10O.C14H8O2.2C13H9N/c2*18-17-14-8-2-1-7-12(14)13-9-3-5-11-6-4-10-15(17)16(11)13;15-13-9-5-1-2-6-10(9)14(16)12-8-4-3-7-11(12)13;2*1-3-7-12-10(5-1)9-11-6-2-4-8-13(11)14-12/h2*1-10H;1-8H;2*1-9H. The summed E-state index contributed by atoms with van der Waals surface area (Å²) in [6.45, 7) is 0. The van der Waals surface area contributed by atoms with Gasteiger partial charge in [-0.2, -0.15) is 0 Å². The van der Waals surface area contributed by atoms with Gasteiger partial charge in [-0.25, -0.2) is 9.97 Å². The summed E-state index contributed by atoms with van der Waals surface area (Å²) in [7, 11) is 0. The Bertz CT molecular complexity index is 4250. The molecule has 3 aliphatic rings. The fraction of sp³-hybridized carbons (Fsp3) is 0. The molecular weight excluding hydrogens is 981 g/mol. The molecule has 6 heteroatoms. The Balaban J connectivity index is 0.0000000949. The van der Waals surface area contributed by atoms with Crippen LogP contribution >= 0.6 is 0 Å². The van der Waals surface area contributed by atoms with Gasteiger partial charge >= 0.3 is 0 Å². The SMILES string of the molecule is O=C1c2ccccc2-c2cccc3cccc1c23.O=C1c2ccccc2-c2cccc3cccc1c23.O=C1c2ccccc2C(=O)c2ccccc21.c1ccc2nc3ccccc3cc2c1.c1ccc2nc3ccccc3cc2c1. The van der Waals surface area contributed by atoms with Gasteiger partial charge in [0.1, 0.15) is 0 Å². The Morgan fingerprint density at radius 3 is 0.675 bits per heavy atom. The Labute approximate surface area is 460 Å². The number of nitrogens with zero attached hydrogens (tertiary/aromatic N) is 2. The van der Waals surface area contributed by atoms with Gasteiger partial charge < -0.3 is 0 Å². The number of ketones is 4. The third-order valence-corrected chi connectivity index (χ3v) is 14.9. The largest absolute Gasteiger partial charge is 0.289 e. The molecule has 0 N–H and O–H groups in total. The molecule has 0 saturated heterocycles. The van der Waals surface area contributed by atoms with E-state index in [1.807, 2.05) is 158 Å². The summed E-state index contributed by atoms with van der Waals surface area (Å²) in [5.74, 6) is 0.140. The second-order valence-corrected chi connectivity index (χ2v) is 19.7. The Kier molecular flexibility index (Phi) is 12.8. The van der Waals surface area contributed by atoms with Crippen LogP contribution < -0.4 is 0 Å². The van der Waals surface area contributed by atoms with Crippen molar-refractivity contribution < 1.29 is 19.2 Å². The van der Waals surface area contributed by atoms with E-state index in [0.29, 0.717) is 22.3 Å². The third-order valence-electron chi connectivity index (χ3n) is 14.9. The fourth-order valence-electron chi connectivity index (χ4n) is 11.1. The summed E-state index contributed by atoms with van der Waals surface area (Å²) >= 11 is 0. The summed E-state index contributed by atoms with van der Waals surface area (Å²) in [5.41, 5.74) is 14.0. The molecule has 0 saturated carbocycles. The average Bonchev–Trinajstić information content (AvgIpc) is 3.53. The number of pyridine rings is 2. The molecule has 0 atom stereocenters. The van der Waals surface area contributed by atoms with E-state index < -0.39 is 0 Å². The van der Waals surface area contributed by atoms with Crippen LogP contribution in [0.15, 0.2) is 279 Å². The van der Waals surface area contributed by atoms with Crippen LogP contribution in [0.2, 0.25) is 0 Å². The van der Waals surface area contributed by atoms with E-state index in [1.165, 1.54) is 32.7 Å². The lowest BCUT2D eigenvalue weighted by Gasteiger charge is -2.19. The molecule has 0 unspecified atom stereocenters. The van der Waals surface area contributed by atoms with Gasteiger partial charge in [0.25, 0.3) is 0 Å². The Hall–Kier alpha value is -10.8. The van der Waals surface area contributed by atoms with Crippen LogP contribution in [0.5, 0.6) is 0 Å². The highest BCUT2D eigenvalue weighted by Gasteiger charge is 2.29. The van der Waals surface area contributed by atoms with Crippen molar-refractivity contribution in [2.75, 3.05) is 0 Å². The van der Waals surface area contributed by atoms with Crippen LogP contribution in [-0.2, 0) is 0 Å². The van der Waals surface area contributed by atoms with Gasteiger partial charge in [-0.05, 0) is 69.4 Å². The fourth-order valence-corrected chi connectivity index (χ4v) is 11.1. The molecule has 12 aromatic carbocycles. The summed E-state index contributed by atoms with van der Waals surface area (Å²) in [5, 5.41) is 9.24. The topological polar surface area (TPSA) is 94.1 Å².